The lowest BCUT2D eigenvalue weighted by Gasteiger charge is -2.41. The maximum atomic E-state index is 12.5. The first-order chi connectivity index (χ1) is 10.6. The first-order valence-corrected chi connectivity index (χ1v) is 7.95. The number of hydrogen-bond acceptors (Lipinski definition) is 5. The van der Waals surface area contributed by atoms with Crippen molar-refractivity contribution >= 4 is 5.97 Å². The summed E-state index contributed by atoms with van der Waals surface area (Å²) in [5.41, 5.74) is 1.18. The number of rotatable bonds is 2. The van der Waals surface area contributed by atoms with Crippen LogP contribution in [0.15, 0.2) is 34.5 Å². The first-order valence-electron chi connectivity index (χ1n) is 7.95. The van der Waals surface area contributed by atoms with Gasteiger partial charge in [-0.05, 0) is 31.7 Å². The van der Waals surface area contributed by atoms with E-state index in [1.54, 1.807) is 0 Å². The van der Waals surface area contributed by atoms with Gasteiger partial charge in [0.15, 0.2) is 5.54 Å². The van der Waals surface area contributed by atoms with Gasteiger partial charge in [-0.2, -0.15) is 10.2 Å². The maximum Gasteiger partial charge on any atom is 0.337 e. The molecule has 1 aliphatic carbocycles. The van der Waals surface area contributed by atoms with E-state index >= 15 is 0 Å². The highest BCUT2D eigenvalue weighted by atomic mass is 16.5. The van der Waals surface area contributed by atoms with Crippen molar-refractivity contribution in [2.24, 2.45) is 16.1 Å². The normalized spacial score (nSPS) is 38.8. The van der Waals surface area contributed by atoms with Crippen LogP contribution in [0.25, 0.3) is 0 Å². The molecule has 0 radical (unpaired) electrons. The molecule has 0 aromatic heterocycles. The van der Waals surface area contributed by atoms with Crippen molar-refractivity contribution in [3.05, 3.63) is 35.4 Å². The molecule has 0 unspecified atom stereocenters. The van der Waals surface area contributed by atoms with Crippen LogP contribution >= 0.6 is 0 Å². The third-order valence-electron chi connectivity index (χ3n) is 5.64. The lowest BCUT2D eigenvalue weighted by Crippen LogP contribution is -2.52. The average molecular weight is 299 g/mol. The Bertz CT molecular complexity index is 642. The van der Waals surface area contributed by atoms with Crippen molar-refractivity contribution in [2.75, 3.05) is 13.7 Å². The van der Waals surface area contributed by atoms with Crippen molar-refractivity contribution < 1.29 is 9.53 Å². The highest BCUT2D eigenvalue weighted by molar-refractivity contribution is 5.83. The summed E-state index contributed by atoms with van der Waals surface area (Å²) >= 11 is 0. The zero-order valence-corrected chi connectivity index (χ0v) is 13.0. The van der Waals surface area contributed by atoms with Gasteiger partial charge in [0.1, 0.15) is 5.54 Å². The molecule has 1 aromatic carbocycles. The average Bonchev–Trinajstić information content (AvgIpc) is 3.10. The van der Waals surface area contributed by atoms with Crippen LogP contribution in [0, 0.1) is 12.8 Å². The molecule has 5 heteroatoms. The molecule has 116 valence electrons. The Morgan fingerprint density at radius 3 is 2.82 bits per heavy atom. The van der Waals surface area contributed by atoms with E-state index in [0.717, 1.165) is 19.3 Å². The summed E-state index contributed by atoms with van der Waals surface area (Å²) in [5.74, 6) is -0.198. The lowest BCUT2D eigenvalue weighted by molar-refractivity contribution is -0.148. The predicted octanol–water partition coefficient (Wildman–Crippen LogP) is 2.34. The van der Waals surface area contributed by atoms with Crippen LogP contribution in [-0.2, 0) is 15.1 Å². The minimum atomic E-state index is -0.843. The molecule has 22 heavy (non-hydrogen) atoms. The van der Waals surface area contributed by atoms with Crippen molar-refractivity contribution in [1.82, 2.24) is 5.32 Å². The molecule has 1 saturated heterocycles. The van der Waals surface area contributed by atoms with Gasteiger partial charge in [-0.25, -0.2) is 4.79 Å². The van der Waals surface area contributed by atoms with Crippen LogP contribution in [-0.4, -0.2) is 31.2 Å². The molecular weight excluding hydrogens is 278 g/mol. The number of carbonyl (C=O) groups excluding carboxylic acids is 1. The number of nitrogens with one attached hydrogen (secondary N) is 1. The molecule has 0 bridgehead atoms. The Labute approximate surface area is 130 Å². The quantitative estimate of drug-likeness (QED) is 0.853. The zero-order chi connectivity index (χ0) is 15.4. The fourth-order valence-corrected chi connectivity index (χ4v) is 4.62. The zero-order valence-electron chi connectivity index (χ0n) is 13.0. The Morgan fingerprint density at radius 1 is 1.32 bits per heavy atom. The summed E-state index contributed by atoms with van der Waals surface area (Å²) in [5, 5.41) is 12.7. The molecule has 1 aromatic rings. The Hall–Kier alpha value is -1.75. The second-order valence-electron chi connectivity index (χ2n) is 6.76. The number of carbonyl (C=O) groups is 1. The molecule has 5 nitrogen and oxygen atoms in total. The van der Waals surface area contributed by atoms with Gasteiger partial charge in [0.25, 0.3) is 0 Å². The van der Waals surface area contributed by atoms with E-state index in [-0.39, 0.29) is 23.5 Å². The van der Waals surface area contributed by atoms with E-state index in [1.165, 1.54) is 18.2 Å². The van der Waals surface area contributed by atoms with Gasteiger partial charge in [-0.1, -0.05) is 29.8 Å². The van der Waals surface area contributed by atoms with E-state index < -0.39 is 5.54 Å². The first kappa shape index (κ1) is 13.9. The summed E-state index contributed by atoms with van der Waals surface area (Å²) in [6.45, 7) is 2.61. The number of ether oxygens (including phenoxy) is 1. The molecule has 0 amide bonds. The topological polar surface area (TPSA) is 63.0 Å². The number of hydrogen-bond donors (Lipinski definition) is 1. The minimum absolute atomic E-state index is 0.0592. The fraction of sp³-hybridized carbons (Fsp3) is 0.588. The van der Waals surface area contributed by atoms with E-state index in [1.807, 2.05) is 0 Å². The van der Waals surface area contributed by atoms with Crippen molar-refractivity contribution in [3.8, 4) is 0 Å². The van der Waals surface area contributed by atoms with Crippen molar-refractivity contribution in [2.45, 2.75) is 43.3 Å². The van der Waals surface area contributed by atoms with Crippen LogP contribution in [0.5, 0.6) is 0 Å². The van der Waals surface area contributed by atoms with Crippen LogP contribution in [0.4, 0.5) is 0 Å². The molecule has 4 atom stereocenters. The van der Waals surface area contributed by atoms with Gasteiger partial charge in [-0.3, -0.25) is 0 Å². The molecule has 2 aliphatic heterocycles. The van der Waals surface area contributed by atoms with Crippen molar-refractivity contribution in [1.29, 1.82) is 0 Å². The third kappa shape index (κ3) is 1.60. The Balaban J connectivity index is 1.84. The van der Waals surface area contributed by atoms with Gasteiger partial charge in [0, 0.05) is 18.5 Å². The number of azo groups is 1. The van der Waals surface area contributed by atoms with E-state index in [9.17, 15) is 4.79 Å². The number of nitrogens with zero attached hydrogens (tertiary/aromatic N) is 2. The van der Waals surface area contributed by atoms with E-state index in [2.05, 4.69) is 41.6 Å². The fourth-order valence-electron chi connectivity index (χ4n) is 4.62. The van der Waals surface area contributed by atoms with Crippen LogP contribution in [0.3, 0.4) is 0 Å². The van der Waals surface area contributed by atoms with Gasteiger partial charge in [-0.15, -0.1) is 0 Å². The Kier molecular flexibility index (Phi) is 2.92. The number of methoxy groups -OCH3 is 1. The van der Waals surface area contributed by atoms with Crippen LogP contribution in [0.2, 0.25) is 0 Å². The lowest BCUT2D eigenvalue weighted by atomic mass is 9.63. The smallest absolute Gasteiger partial charge is 0.337 e. The molecule has 4 rings (SSSR count). The Morgan fingerprint density at radius 2 is 2.09 bits per heavy atom. The van der Waals surface area contributed by atoms with E-state index in [4.69, 9.17) is 9.85 Å². The van der Waals surface area contributed by atoms with Gasteiger partial charge >= 0.3 is 5.97 Å². The molecule has 3 aliphatic rings. The summed E-state index contributed by atoms with van der Waals surface area (Å²) in [6.07, 6.45) is 3.11. The monoisotopic (exact) mass is 299 g/mol. The standard InChI is InChI=1S/C17H21N3O2/c1-11-5-7-12(8-6-11)16-9-3-4-13-14(16)17(10-18-13,20-19-16)15(21)22-2/h5-8,13-14,18H,3-4,9-10H2,1-2H3/t13-,14-,16-,17-/m1/s1. The van der Waals surface area contributed by atoms with Gasteiger partial charge in [0.2, 0.25) is 0 Å². The summed E-state index contributed by atoms with van der Waals surface area (Å²) in [6, 6.07) is 8.79. The highest BCUT2D eigenvalue weighted by Gasteiger charge is 2.68. The van der Waals surface area contributed by atoms with Gasteiger partial charge in [0.05, 0.1) is 7.11 Å². The SMILES string of the molecule is COC(=O)[C@]12CN[C@@H]3CCC[C@](c4ccc(C)cc4)(N=N1)[C@@H]32. The van der Waals surface area contributed by atoms with Crippen molar-refractivity contribution in [3.63, 3.8) is 0 Å². The largest absolute Gasteiger partial charge is 0.467 e. The summed E-state index contributed by atoms with van der Waals surface area (Å²) in [4.78, 5) is 12.5. The number of aryl methyl sites for hydroxylation is 1. The molecule has 0 spiro atoms. The maximum absolute atomic E-state index is 12.5. The van der Waals surface area contributed by atoms with Crippen LogP contribution < -0.4 is 5.32 Å². The summed E-state index contributed by atoms with van der Waals surface area (Å²) < 4.78 is 5.07. The molecule has 2 heterocycles. The molecule has 1 saturated carbocycles. The molecular formula is C17H21N3O2. The second kappa shape index (κ2) is 4.62. The van der Waals surface area contributed by atoms with E-state index in [0.29, 0.717) is 6.54 Å². The van der Waals surface area contributed by atoms with Crippen LogP contribution in [0.1, 0.15) is 30.4 Å². The molecule has 1 N–H and O–H groups in total. The third-order valence-corrected chi connectivity index (χ3v) is 5.64. The predicted molar refractivity (Wildman–Crippen MR) is 81.6 cm³/mol. The number of esters is 1. The minimum Gasteiger partial charge on any atom is -0.467 e. The van der Waals surface area contributed by atoms with Gasteiger partial charge < -0.3 is 10.1 Å². The highest BCUT2D eigenvalue weighted by Crippen LogP contribution is 2.57. The number of benzene rings is 1. The second-order valence-corrected chi connectivity index (χ2v) is 6.76. The molecule has 2 fully saturated rings. The summed E-state index contributed by atoms with van der Waals surface area (Å²) in [7, 11) is 1.44.